The number of nitrogens with one attached hydrogen (secondary N) is 2. The highest BCUT2D eigenvalue weighted by atomic mass is 127. The van der Waals surface area contributed by atoms with Gasteiger partial charge in [0.25, 0.3) is 0 Å². The smallest absolute Gasteiger partial charge is 0.191 e. The second kappa shape index (κ2) is 11.7. The number of aromatic nitrogens is 2. The van der Waals surface area contributed by atoms with Crippen molar-refractivity contribution in [2.24, 2.45) is 4.99 Å². The van der Waals surface area contributed by atoms with E-state index in [0.29, 0.717) is 6.54 Å². The molecule has 5 nitrogen and oxygen atoms in total. The first kappa shape index (κ1) is 22.2. The zero-order chi connectivity index (χ0) is 18.9. The Morgan fingerprint density at radius 2 is 1.86 bits per heavy atom. The van der Waals surface area contributed by atoms with Gasteiger partial charge in [-0.2, -0.15) is 0 Å². The molecule has 7 heteroatoms. The highest BCUT2D eigenvalue weighted by Gasteiger charge is 2.01. The van der Waals surface area contributed by atoms with Crippen LogP contribution in [0.3, 0.4) is 0 Å². The van der Waals surface area contributed by atoms with Crippen LogP contribution in [0.15, 0.2) is 72.2 Å². The van der Waals surface area contributed by atoms with Crippen molar-refractivity contribution in [3.63, 3.8) is 0 Å². The topological polar surface area (TPSA) is 54.2 Å². The lowest BCUT2D eigenvalue weighted by atomic mass is 10.1. The Morgan fingerprint density at radius 1 is 1.07 bits per heavy atom. The van der Waals surface area contributed by atoms with E-state index < -0.39 is 0 Å². The standard InChI is InChI=1S/C21H24ClN5.HI/c1-23-21(25-9-8-17-4-3-7-20(22)13-17)26-14-18-5-2-6-19(12-18)15-27-11-10-24-16-27;/h2-7,10-13,16H,8-9,14-15H2,1H3,(H2,23,25,26);1H. The number of aliphatic imine (C=N–C) groups is 1. The largest absolute Gasteiger partial charge is 0.356 e. The summed E-state index contributed by atoms with van der Waals surface area (Å²) in [6.07, 6.45) is 6.49. The van der Waals surface area contributed by atoms with Gasteiger partial charge in [-0.25, -0.2) is 4.98 Å². The maximum atomic E-state index is 6.03. The third kappa shape index (κ3) is 7.16. The van der Waals surface area contributed by atoms with Crippen LogP contribution in [0.2, 0.25) is 5.02 Å². The van der Waals surface area contributed by atoms with Crippen molar-refractivity contribution >= 4 is 41.5 Å². The number of benzene rings is 2. The number of nitrogens with zero attached hydrogens (tertiary/aromatic N) is 3. The summed E-state index contributed by atoms with van der Waals surface area (Å²) in [5.41, 5.74) is 3.67. The number of hydrogen-bond acceptors (Lipinski definition) is 2. The van der Waals surface area contributed by atoms with E-state index >= 15 is 0 Å². The van der Waals surface area contributed by atoms with E-state index in [1.807, 2.05) is 30.7 Å². The Labute approximate surface area is 188 Å². The fourth-order valence-corrected chi connectivity index (χ4v) is 3.07. The molecular weight excluding hydrogens is 485 g/mol. The highest BCUT2D eigenvalue weighted by Crippen LogP contribution is 2.10. The fourth-order valence-electron chi connectivity index (χ4n) is 2.85. The first-order valence-corrected chi connectivity index (χ1v) is 9.33. The third-order valence-corrected chi connectivity index (χ3v) is 4.43. The fraction of sp³-hybridized carbons (Fsp3) is 0.238. The normalized spacial score (nSPS) is 11.0. The van der Waals surface area contributed by atoms with Gasteiger partial charge in [-0.3, -0.25) is 4.99 Å². The number of guanidine groups is 1. The molecule has 3 aromatic rings. The Hall–Kier alpha value is -2.06. The molecule has 0 aliphatic heterocycles. The Morgan fingerprint density at radius 3 is 2.61 bits per heavy atom. The molecule has 0 saturated heterocycles. The minimum atomic E-state index is 0. The first-order valence-electron chi connectivity index (χ1n) is 8.95. The molecule has 0 radical (unpaired) electrons. The van der Waals surface area contributed by atoms with E-state index in [9.17, 15) is 0 Å². The average Bonchev–Trinajstić information content (AvgIpc) is 3.18. The van der Waals surface area contributed by atoms with Crippen molar-refractivity contribution in [2.75, 3.05) is 13.6 Å². The summed E-state index contributed by atoms with van der Waals surface area (Å²) in [4.78, 5) is 8.38. The molecule has 0 aliphatic carbocycles. The molecule has 0 fully saturated rings. The van der Waals surface area contributed by atoms with Crippen LogP contribution in [0.1, 0.15) is 16.7 Å². The van der Waals surface area contributed by atoms with E-state index in [2.05, 4.69) is 55.5 Å². The van der Waals surface area contributed by atoms with E-state index in [4.69, 9.17) is 11.6 Å². The monoisotopic (exact) mass is 509 g/mol. The molecule has 1 aromatic heterocycles. The minimum Gasteiger partial charge on any atom is -0.356 e. The average molecular weight is 510 g/mol. The first-order chi connectivity index (χ1) is 13.2. The number of imidazole rings is 1. The molecule has 2 N–H and O–H groups in total. The minimum absolute atomic E-state index is 0. The summed E-state index contributed by atoms with van der Waals surface area (Å²) in [7, 11) is 1.78. The molecule has 0 unspecified atom stereocenters. The summed E-state index contributed by atoms with van der Waals surface area (Å²) in [5, 5.41) is 7.47. The lowest BCUT2D eigenvalue weighted by Gasteiger charge is -2.13. The summed E-state index contributed by atoms with van der Waals surface area (Å²) in [5.74, 6) is 0.789. The van der Waals surface area contributed by atoms with E-state index in [-0.39, 0.29) is 24.0 Å². The lowest BCUT2D eigenvalue weighted by molar-refractivity contribution is 0.783. The lowest BCUT2D eigenvalue weighted by Crippen LogP contribution is -2.37. The molecule has 3 rings (SSSR count). The van der Waals surface area contributed by atoms with E-state index in [1.165, 1.54) is 16.7 Å². The number of hydrogen-bond donors (Lipinski definition) is 2. The summed E-state index contributed by atoms with van der Waals surface area (Å²) in [6.45, 7) is 2.33. The summed E-state index contributed by atoms with van der Waals surface area (Å²) < 4.78 is 2.06. The maximum absolute atomic E-state index is 6.03. The van der Waals surface area contributed by atoms with Crippen LogP contribution in [0, 0.1) is 0 Å². The Bertz CT molecular complexity index is 880. The number of rotatable bonds is 7. The van der Waals surface area contributed by atoms with Crippen molar-refractivity contribution in [2.45, 2.75) is 19.5 Å². The Kier molecular flexibility index (Phi) is 9.30. The molecule has 0 amide bonds. The third-order valence-electron chi connectivity index (χ3n) is 4.19. The van der Waals surface area contributed by atoms with Gasteiger partial charge in [-0.15, -0.1) is 24.0 Å². The zero-order valence-corrected chi connectivity index (χ0v) is 18.9. The number of halogens is 2. The van der Waals surface area contributed by atoms with Crippen molar-refractivity contribution < 1.29 is 0 Å². The van der Waals surface area contributed by atoms with Gasteiger partial charge >= 0.3 is 0 Å². The molecule has 0 aliphatic rings. The second-order valence-corrected chi connectivity index (χ2v) is 6.72. The van der Waals surface area contributed by atoms with Gasteiger partial charge in [-0.05, 0) is 35.2 Å². The molecule has 1 heterocycles. The van der Waals surface area contributed by atoms with Gasteiger partial charge in [0.2, 0.25) is 0 Å². The van der Waals surface area contributed by atoms with Crippen LogP contribution in [-0.2, 0) is 19.5 Å². The van der Waals surface area contributed by atoms with Gasteiger partial charge in [0.05, 0.1) is 6.33 Å². The van der Waals surface area contributed by atoms with Crippen molar-refractivity contribution in [3.8, 4) is 0 Å². The van der Waals surface area contributed by atoms with Crippen LogP contribution >= 0.6 is 35.6 Å². The van der Waals surface area contributed by atoms with Crippen LogP contribution in [0.25, 0.3) is 0 Å². The van der Waals surface area contributed by atoms with Gasteiger partial charge in [0.1, 0.15) is 0 Å². The zero-order valence-electron chi connectivity index (χ0n) is 15.8. The predicted octanol–water partition coefficient (Wildman–Crippen LogP) is 4.11. The van der Waals surface area contributed by atoms with Gasteiger partial charge in [-0.1, -0.05) is 48.0 Å². The van der Waals surface area contributed by atoms with Crippen LogP contribution in [0.4, 0.5) is 0 Å². The van der Waals surface area contributed by atoms with Crippen molar-refractivity contribution in [1.82, 2.24) is 20.2 Å². The van der Waals surface area contributed by atoms with Gasteiger partial charge in [0.15, 0.2) is 5.96 Å². The van der Waals surface area contributed by atoms with E-state index in [0.717, 1.165) is 30.5 Å². The van der Waals surface area contributed by atoms with Crippen molar-refractivity contribution in [3.05, 3.63) is 89.0 Å². The van der Waals surface area contributed by atoms with Crippen LogP contribution in [-0.4, -0.2) is 29.1 Å². The molecule has 28 heavy (non-hydrogen) atoms. The van der Waals surface area contributed by atoms with Crippen LogP contribution < -0.4 is 10.6 Å². The van der Waals surface area contributed by atoms with Gasteiger partial charge < -0.3 is 15.2 Å². The molecule has 148 valence electrons. The van der Waals surface area contributed by atoms with Crippen molar-refractivity contribution in [1.29, 1.82) is 0 Å². The van der Waals surface area contributed by atoms with Gasteiger partial charge in [0, 0.05) is 44.1 Å². The van der Waals surface area contributed by atoms with Crippen LogP contribution in [0.5, 0.6) is 0 Å². The maximum Gasteiger partial charge on any atom is 0.191 e. The second-order valence-electron chi connectivity index (χ2n) is 6.29. The quantitative estimate of drug-likeness (QED) is 0.286. The molecule has 0 saturated carbocycles. The SMILES string of the molecule is CN=C(NCCc1cccc(Cl)c1)NCc1cccc(Cn2ccnc2)c1.I. The highest BCUT2D eigenvalue weighted by molar-refractivity contribution is 14.0. The molecule has 0 atom stereocenters. The van der Waals surface area contributed by atoms with E-state index in [1.54, 1.807) is 13.2 Å². The molecular formula is C21H25ClIN5. The summed E-state index contributed by atoms with van der Waals surface area (Å²) in [6, 6.07) is 16.5. The predicted molar refractivity (Wildman–Crippen MR) is 127 cm³/mol. The molecule has 0 bridgehead atoms. The Balaban J connectivity index is 0.00000280. The molecule has 0 spiro atoms. The summed E-state index contributed by atoms with van der Waals surface area (Å²) >= 11 is 6.03. The molecule has 2 aromatic carbocycles.